The second kappa shape index (κ2) is 6.38. The molecule has 1 fully saturated rings. The van der Waals surface area contributed by atoms with Crippen LogP contribution in [0, 0.1) is 0 Å². The molecule has 114 valence electrons. The van der Waals surface area contributed by atoms with Gasteiger partial charge in [-0.25, -0.2) is 0 Å². The SMILES string of the molecule is NC1(C(=O)NCC2SCCc3ccccc32)CCOCC1. The van der Waals surface area contributed by atoms with Gasteiger partial charge in [0.25, 0.3) is 0 Å². The molecule has 1 atom stereocenters. The van der Waals surface area contributed by atoms with Crippen molar-refractivity contribution >= 4 is 17.7 Å². The van der Waals surface area contributed by atoms with Gasteiger partial charge in [-0.2, -0.15) is 11.8 Å². The van der Waals surface area contributed by atoms with E-state index in [1.807, 2.05) is 11.8 Å². The number of hydrogen-bond acceptors (Lipinski definition) is 4. The number of aryl methyl sites for hydroxylation is 1. The average Bonchev–Trinajstić information content (AvgIpc) is 2.53. The van der Waals surface area contributed by atoms with Crippen molar-refractivity contribution < 1.29 is 9.53 Å². The maximum absolute atomic E-state index is 12.4. The van der Waals surface area contributed by atoms with Crippen LogP contribution >= 0.6 is 11.8 Å². The van der Waals surface area contributed by atoms with Crippen molar-refractivity contribution in [2.45, 2.75) is 30.1 Å². The maximum atomic E-state index is 12.4. The Balaban J connectivity index is 1.62. The molecular weight excluding hydrogens is 284 g/mol. The van der Waals surface area contributed by atoms with Crippen LogP contribution in [0.3, 0.4) is 0 Å². The lowest BCUT2D eigenvalue weighted by Crippen LogP contribution is -2.57. The fourth-order valence-corrected chi connectivity index (χ4v) is 4.20. The lowest BCUT2D eigenvalue weighted by atomic mass is 9.90. The number of carbonyl (C=O) groups is 1. The predicted octanol–water partition coefficient (Wildman–Crippen LogP) is 1.64. The average molecular weight is 306 g/mol. The number of hydrogen-bond donors (Lipinski definition) is 2. The minimum atomic E-state index is -0.753. The second-order valence-electron chi connectivity index (χ2n) is 5.79. The number of benzene rings is 1. The lowest BCUT2D eigenvalue weighted by Gasteiger charge is -2.33. The van der Waals surface area contributed by atoms with Gasteiger partial charge in [0.15, 0.2) is 0 Å². The van der Waals surface area contributed by atoms with Gasteiger partial charge in [0, 0.05) is 25.0 Å². The molecule has 1 aromatic rings. The number of rotatable bonds is 3. The Labute approximate surface area is 129 Å². The van der Waals surface area contributed by atoms with Gasteiger partial charge < -0.3 is 15.8 Å². The molecule has 4 nitrogen and oxygen atoms in total. The third-order valence-corrected chi connectivity index (χ3v) is 5.64. The van der Waals surface area contributed by atoms with Crippen LogP contribution in [0.1, 0.15) is 29.2 Å². The molecule has 2 aliphatic rings. The molecule has 0 saturated carbocycles. The van der Waals surface area contributed by atoms with Crippen LogP contribution in [-0.2, 0) is 16.0 Å². The quantitative estimate of drug-likeness (QED) is 0.891. The summed E-state index contributed by atoms with van der Waals surface area (Å²) in [6.45, 7) is 1.80. The first-order valence-corrected chi connectivity index (χ1v) is 8.58. The van der Waals surface area contributed by atoms with Gasteiger partial charge in [0.05, 0.1) is 5.54 Å². The molecule has 0 spiro atoms. The molecule has 2 aliphatic heterocycles. The summed E-state index contributed by atoms with van der Waals surface area (Å²) in [5.74, 6) is 1.08. The predicted molar refractivity (Wildman–Crippen MR) is 85.3 cm³/mol. The van der Waals surface area contributed by atoms with Crippen LogP contribution in [0.15, 0.2) is 24.3 Å². The van der Waals surface area contributed by atoms with Gasteiger partial charge in [0.1, 0.15) is 0 Å². The molecule has 0 radical (unpaired) electrons. The Bertz CT molecular complexity index is 515. The summed E-state index contributed by atoms with van der Waals surface area (Å²) >= 11 is 1.91. The van der Waals surface area contributed by atoms with Crippen molar-refractivity contribution in [3.05, 3.63) is 35.4 Å². The fraction of sp³-hybridized carbons (Fsp3) is 0.562. The summed E-state index contributed by atoms with van der Waals surface area (Å²) in [4.78, 5) is 12.4. The van der Waals surface area contributed by atoms with Crippen molar-refractivity contribution in [2.24, 2.45) is 5.73 Å². The smallest absolute Gasteiger partial charge is 0.240 e. The van der Waals surface area contributed by atoms with Gasteiger partial charge >= 0.3 is 0 Å². The minimum absolute atomic E-state index is 0.0329. The summed E-state index contributed by atoms with van der Waals surface area (Å²) in [6, 6.07) is 8.52. The Kier molecular flexibility index (Phi) is 4.52. The Morgan fingerprint density at radius 3 is 2.95 bits per heavy atom. The molecular formula is C16H22N2O2S. The first-order valence-electron chi connectivity index (χ1n) is 7.53. The minimum Gasteiger partial charge on any atom is -0.381 e. The monoisotopic (exact) mass is 306 g/mol. The number of ether oxygens (including phenoxy) is 1. The molecule has 3 N–H and O–H groups in total. The molecule has 3 rings (SSSR count). The Morgan fingerprint density at radius 1 is 1.38 bits per heavy atom. The van der Waals surface area contributed by atoms with Crippen molar-refractivity contribution in [3.8, 4) is 0 Å². The van der Waals surface area contributed by atoms with Gasteiger partial charge in [-0.05, 0) is 36.1 Å². The van der Waals surface area contributed by atoms with Crippen molar-refractivity contribution in [2.75, 3.05) is 25.5 Å². The van der Waals surface area contributed by atoms with Crippen LogP contribution in [0.4, 0.5) is 0 Å². The van der Waals surface area contributed by atoms with Crippen LogP contribution in [0.25, 0.3) is 0 Å². The van der Waals surface area contributed by atoms with Crippen molar-refractivity contribution in [1.82, 2.24) is 5.32 Å². The van der Waals surface area contributed by atoms with E-state index in [2.05, 4.69) is 29.6 Å². The molecule has 2 heterocycles. The number of nitrogens with one attached hydrogen (secondary N) is 1. The third kappa shape index (κ3) is 3.25. The zero-order valence-corrected chi connectivity index (χ0v) is 13.0. The molecule has 0 aromatic heterocycles. The zero-order chi connectivity index (χ0) is 14.7. The Morgan fingerprint density at radius 2 is 2.14 bits per heavy atom. The number of carbonyl (C=O) groups excluding carboxylic acids is 1. The van der Waals surface area contributed by atoms with E-state index in [4.69, 9.17) is 10.5 Å². The van der Waals surface area contributed by atoms with Gasteiger partial charge in [0.2, 0.25) is 5.91 Å². The van der Waals surface area contributed by atoms with E-state index in [0.717, 1.165) is 12.2 Å². The van der Waals surface area contributed by atoms with Crippen LogP contribution in [0.5, 0.6) is 0 Å². The fourth-order valence-electron chi connectivity index (χ4n) is 2.97. The largest absolute Gasteiger partial charge is 0.381 e. The van der Waals surface area contributed by atoms with Crippen LogP contribution in [-0.4, -0.2) is 37.0 Å². The van der Waals surface area contributed by atoms with Gasteiger partial charge in [-0.3, -0.25) is 4.79 Å². The summed E-state index contributed by atoms with van der Waals surface area (Å²) < 4.78 is 5.29. The number of amides is 1. The van der Waals surface area contributed by atoms with Crippen LogP contribution < -0.4 is 11.1 Å². The first kappa shape index (κ1) is 14.9. The standard InChI is InChI=1S/C16H22N2O2S/c17-16(6-8-20-9-7-16)15(19)18-11-14-13-4-2-1-3-12(13)5-10-21-14/h1-4,14H,5-11,17H2,(H,18,19). The van der Waals surface area contributed by atoms with E-state index >= 15 is 0 Å². The van der Waals surface area contributed by atoms with E-state index < -0.39 is 5.54 Å². The summed E-state index contributed by atoms with van der Waals surface area (Å²) in [6.07, 6.45) is 2.32. The number of thioether (sulfide) groups is 1. The van der Waals surface area contributed by atoms with Crippen molar-refractivity contribution in [1.29, 1.82) is 0 Å². The van der Waals surface area contributed by atoms with Gasteiger partial charge in [-0.1, -0.05) is 24.3 Å². The van der Waals surface area contributed by atoms with Crippen LogP contribution in [0.2, 0.25) is 0 Å². The van der Waals surface area contributed by atoms with E-state index in [1.165, 1.54) is 11.1 Å². The Hall–Kier alpha value is -1.04. The lowest BCUT2D eigenvalue weighted by molar-refractivity contribution is -0.129. The van der Waals surface area contributed by atoms with E-state index in [1.54, 1.807) is 0 Å². The topological polar surface area (TPSA) is 64.4 Å². The van der Waals surface area contributed by atoms with Gasteiger partial charge in [-0.15, -0.1) is 0 Å². The number of nitrogens with two attached hydrogens (primary N) is 1. The summed E-state index contributed by atoms with van der Waals surface area (Å²) in [7, 11) is 0. The molecule has 1 amide bonds. The zero-order valence-electron chi connectivity index (χ0n) is 12.1. The molecule has 21 heavy (non-hydrogen) atoms. The molecule has 1 unspecified atom stereocenters. The molecule has 0 bridgehead atoms. The normalized spacial score (nSPS) is 24.1. The number of fused-ring (bicyclic) bond motifs is 1. The molecule has 1 aromatic carbocycles. The summed E-state index contributed by atoms with van der Waals surface area (Å²) in [5.41, 5.74) is 8.22. The molecule has 0 aliphatic carbocycles. The highest BCUT2D eigenvalue weighted by Gasteiger charge is 2.36. The van der Waals surface area contributed by atoms with E-state index in [9.17, 15) is 4.79 Å². The summed E-state index contributed by atoms with van der Waals surface area (Å²) in [5, 5.41) is 3.40. The highest BCUT2D eigenvalue weighted by atomic mass is 32.2. The first-order chi connectivity index (χ1) is 10.2. The molecule has 1 saturated heterocycles. The highest BCUT2D eigenvalue weighted by Crippen LogP contribution is 2.36. The maximum Gasteiger partial charge on any atom is 0.240 e. The second-order valence-corrected chi connectivity index (χ2v) is 7.10. The highest BCUT2D eigenvalue weighted by molar-refractivity contribution is 7.99. The third-order valence-electron chi connectivity index (χ3n) is 4.38. The molecule has 5 heteroatoms. The van der Waals surface area contributed by atoms with Crippen molar-refractivity contribution in [3.63, 3.8) is 0 Å². The van der Waals surface area contributed by atoms with E-state index in [0.29, 0.717) is 37.9 Å². The van der Waals surface area contributed by atoms with E-state index in [-0.39, 0.29) is 5.91 Å².